The van der Waals surface area contributed by atoms with Gasteiger partial charge in [-0.2, -0.15) is 0 Å². The number of carbonyl (C=O) groups excluding carboxylic acids is 1. The minimum absolute atomic E-state index is 0.282. The summed E-state index contributed by atoms with van der Waals surface area (Å²) >= 11 is 0. The topological polar surface area (TPSA) is 17.1 Å². The second-order valence-corrected chi connectivity index (χ2v) is 2.87. The minimum atomic E-state index is 0.282. The molecule has 0 aliphatic rings. The molecule has 0 radical (unpaired) electrons. The number of rotatable bonds is 3. The first kappa shape index (κ1) is 8.67. The second-order valence-electron chi connectivity index (χ2n) is 2.87. The Kier molecular flexibility index (Phi) is 3.52. The van der Waals surface area contributed by atoms with Gasteiger partial charge < -0.3 is 0 Å². The average molecular weight is 128 g/mol. The average Bonchev–Trinajstić information content (AvgIpc) is 1.64. The summed E-state index contributed by atoms with van der Waals surface area (Å²) in [6, 6.07) is 0. The molecule has 0 amide bonds. The molecule has 0 saturated carbocycles. The predicted octanol–water partition coefficient (Wildman–Crippen LogP) is 2.26. The van der Waals surface area contributed by atoms with Crippen LogP contribution in [0.5, 0.6) is 0 Å². The molecule has 0 aromatic rings. The van der Waals surface area contributed by atoms with Gasteiger partial charge in [-0.15, -0.1) is 0 Å². The van der Waals surface area contributed by atoms with Crippen molar-refractivity contribution in [3.63, 3.8) is 0 Å². The Hall–Kier alpha value is -0.330. The van der Waals surface area contributed by atoms with Crippen molar-refractivity contribution in [3.8, 4) is 0 Å². The Balaban J connectivity index is 3.83. The maximum atomic E-state index is 10.8. The lowest BCUT2D eigenvalue weighted by atomic mass is 9.90. The molecule has 0 heterocycles. The zero-order valence-electron chi connectivity index (χ0n) is 6.77. The van der Waals surface area contributed by atoms with E-state index >= 15 is 0 Å². The highest BCUT2D eigenvalue weighted by Gasteiger charge is 2.14. The van der Waals surface area contributed by atoms with Crippen molar-refractivity contribution in [1.29, 1.82) is 0 Å². The lowest BCUT2D eigenvalue weighted by Gasteiger charge is -2.14. The third-order valence-electron chi connectivity index (χ3n) is 1.77. The quantitative estimate of drug-likeness (QED) is 0.569. The highest BCUT2D eigenvalue weighted by molar-refractivity contribution is 5.78. The Labute approximate surface area is 57.5 Å². The van der Waals surface area contributed by atoms with Crippen molar-refractivity contribution in [2.24, 2.45) is 11.8 Å². The van der Waals surface area contributed by atoms with Crippen LogP contribution in [0.1, 0.15) is 34.1 Å². The van der Waals surface area contributed by atoms with E-state index in [1.54, 1.807) is 6.92 Å². The lowest BCUT2D eigenvalue weighted by molar-refractivity contribution is -0.122. The van der Waals surface area contributed by atoms with Crippen molar-refractivity contribution in [2.75, 3.05) is 0 Å². The Bertz CT molecular complexity index is 94.7. The van der Waals surface area contributed by atoms with Crippen LogP contribution in [0.4, 0.5) is 0 Å². The third kappa shape index (κ3) is 2.64. The minimum Gasteiger partial charge on any atom is -0.300 e. The van der Waals surface area contributed by atoms with Gasteiger partial charge in [-0.3, -0.25) is 4.79 Å². The zero-order chi connectivity index (χ0) is 7.44. The number of Topliss-reactive ketones (excluding diaryl/α,β-unsaturated/α-hetero) is 1. The molecule has 0 fully saturated rings. The van der Waals surface area contributed by atoms with Crippen LogP contribution in [0, 0.1) is 11.8 Å². The van der Waals surface area contributed by atoms with Gasteiger partial charge in [-0.05, 0) is 19.3 Å². The molecule has 9 heavy (non-hydrogen) atoms. The van der Waals surface area contributed by atoms with Crippen molar-refractivity contribution >= 4 is 5.78 Å². The van der Waals surface area contributed by atoms with Crippen LogP contribution in [0.2, 0.25) is 0 Å². The second kappa shape index (κ2) is 3.65. The molecule has 0 unspecified atom stereocenters. The van der Waals surface area contributed by atoms with Crippen molar-refractivity contribution < 1.29 is 4.79 Å². The van der Waals surface area contributed by atoms with Gasteiger partial charge in [0.2, 0.25) is 0 Å². The first-order valence-corrected chi connectivity index (χ1v) is 3.60. The van der Waals surface area contributed by atoms with E-state index < -0.39 is 0 Å². The largest absolute Gasteiger partial charge is 0.300 e. The molecule has 1 atom stereocenters. The molecule has 1 nitrogen and oxygen atoms in total. The van der Waals surface area contributed by atoms with Crippen LogP contribution >= 0.6 is 0 Å². The van der Waals surface area contributed by atoms with Gasteiger partial charge in [-0.25, -0.2) is 0 Å². The summed E-state index contributed by atoms with van der Waals surface area (Å²) < 4.78 is 0. The van der Waals surface area contributed by atoms with Crippen molar-refractivity contribution in [1.82, 2.24) is 0 Å². The summed E-state index contributed by atoms with van der Waals surface area (Å²) in [4.78, 5) is 10.8. The van der Waals surface area contributed by atoms with Crippen molar-refractivity contribution in [3.05, 3.63) is 0 Å². The summed E-state index contributed by atoms with van der Waals surface area (Å²) in [5, 5.41) is 0. The van der Waals surface area contributed by atoms with Crippen molar-refractivity contribution in [2.45, 2.75) is 34.1 Å². The van der Waals surface area contributed by atoms with Gasteiger partial charge in [0.1, 0.15) is 5.78 Å². The molecule has 0 rings (SSSR count). The molecule has 0 aliphatic heterocycles. The highest BCUT2D eigenvalue weighted by Crippen LogP contribution is 2.14. The monoisotopic (exact) mass is 128 g/mol. The smallest absolute Gasteiger partial charge is 0.133 e. The van der Waals surface area contributed by atoms with Gasteiger partial charge in [0.05, 0.1) is 0 Å². The highest BCUT2D eigenvalue weighted by atomic mass is 16.1. The Morgan fingerprint density at radius 2 is 1.89 bits per heavy atom. The van der Waals surface area contributed by atoms with Crippen LogP contribution in [0.15, 0.2) is 0 Å². The number of hydrogen-bond donors (Lipinski definition) is 0. The molecule has 0 aliphatic carbocycles. The van der Waals surface area contributed by atoms with Crippen LogP contribution in [-0.2, 0) is 4.79 Å². The summed E-state index contributed by atoms with van der Waals surface area (Å²) in [5.41, 5.74) is 0. The van der Waals surface area contributed by atoms with Gasteiger partial charge in [0.25, 0.3) is 0 Å². The van der Waals surface area contributed by atoms with Gasteiger partial charge in [0.15, 0.2) is 0 Å². The fourth-order valence-corrected chi connectivity index (χ4v) is 1.23. The standard InChI is InChI=1S/C8H16O/c1-5-8(6(2)3)7(4)9/h6,8H,5H2,1-4H3/t8-/m0/s1. The summed E-state index contributed by atoms with van der Waals surface area (Å²) in [5.74, 6) is 1.12. The Morgan fingerprint density at radius 3 is 1.89 bits per heavy atom. The predicted molar refractivity (Wildman–Crippen MR) is 39.3 cm³/mol. The van der Waals surface area contributed by atoms with Crippen LogP contribution in [0.3, 0.4) is 0 Å². The third-order valence-corrected chi connectivity index (χ3v) is 1.77. The van der Waals surface area contributed by atoms with Gasteiger partial charge in [-0.1, -0.05) is 20.8 Å². The van der Waals surface area contributed by atoms with E-state index in [1.807, 2.05) is 0 Å². The molecule has 0 aromatic heterocycles. The van der Waals surface area contributed by atoms with E-state index in [4.69, 9.17) is 0 Å². The molecule has 0 N–H and O–H groups in total. The molecule has 1 heteroatoms. The summed E-state index contributed by atoms with van der Waals surface area (Å²) in [6.07, 6.45) is 0.979. The number of ketones is 1. The zero-order valence-corrected chi connectivity index (χ0v) is 6.77. The summed E-state index contributed by atoms with van der Waals surface area (Å²) in [6.45, 7) is 7.92. The van der Waals surface area contributed by atoms with Gasteiger partial charge >= 0.3 is 0 Å². The first-order chi connectivity index (χ1) is 4.09. The fourth-order valence-electron chi connectivity index (χ4n) is 1.23. The number of hydrogen-bond acceptors (Lipinski definition) is 1. The van der Waals surface area contributed by atoms with E-state index in [0.717, 1.165) is 6.42 Å². The molecular weight excluding hydrogens is 112 g/mol. The van der Waals surface area contributed by atoms with E-state index in [1.165, 1.54) is 0 Å². The van der Waals surface area contributed by atoms with Crippen LogP contribution in [0.25, 0.3) is 0 Å². The van der Waals surface area contributed by atoms with E-state index in [9.17, 15) is 4.79 Å². The lowest BCUT2D eigenvalue weighted by Crippen LogP contribution is -2.15. The maximum Gasteiger partial charge on any atom is 0.133 e. The van der Waals surface area contributed by atoms with Gasteiger partial charge in [0, 0.05) is 5.92 Å². The van der Waals surface area contributed by atoms with Crippen LogP contribution < -0.4 is 0 Å². The summed E-state index contributed by atoms with van der Waals surface area (Å²) in [7, 11) is 0. The number of carbonyl (C=O) groups is 1. The maximum absolute atomic E-state index is 10.8. The van der Waals surface area contributed by atoms with E-state index in [-0.39, 0.29) is 5.92 Å². The molecular formula is C8H16O. The molecule has 54 valence electrons. The SMILES string of the molecule is CC[C@H](C(C)=O)C(C)C. The van der Waals surface area contributed by atoms with E-state index in [2.05, 4.69) is 20.8 Å². The Morgan fingerprint density at radius 1 is 1.44 bits per heavy atom. The normalized spacial score (nSPS) is 13.9. The molecule has 0 saturated heterocycles. The van der Waals surface area contributed by atoms with E-state index in [0.29, 0.717) is 11.7 Å². The van der Waals surface area contributed by atoms with Crippen LogP contribution in [-0.4, -0.2) is 5.78 Å². The first-order valence-electron chi connectivity index (χ1n) is 3.60. The fraction of sp³-hybridized carbons (Fsp3) is 0.875. The molecule has 0 spiro atoms. The molecule has 0 aromatic carbocycles. The molecule has 0 bridgehead atoms.